The van der Waals surface area contributed by atoms with Crippen molar-refractivity contribution in [3.8, 4) is 17.0 Å². The monoisotopic (exact) mass is 468 g/mol. The van der Waals surface area contributed by atoms with Crippen LogP contribution in [-0.2, 0) is 11.2 Å². The number of carbonyl (C=O) groups excluding carboxylic acids is 1. The molecule has 2 aromatic carbocycles. The highest BCUT2D eigenvalue weighted by molar-refractivity contribution is 5.93. The van der Waals surface area contributed by atoms with E-state index in [1.807, 2.05) is 36.4 Å². The summed E-state index contributed by atoms with van der Waals surface area (Å²) in [6.45, 7) is 7.67. The Kier molecular flexibility index (Phi) is 6.18. The summed E-state index contributed by atoms with van der Waals surface area (Å²) in [5.74, 6) is 1.35. The number of hydrogen-bond acceptors (Lipinski definition) is 7. The molecule has 0 bridgehead atoms. The van der Waals surface area contributed by atoms with Gasteiger partial charge >= 0.3 is 0 Å². The van der Waals surface area contributed by atoms with Gasteiger partial charge in [-0.05, 0) is 54.7 Å². The number of nitrogens with one attached hydrogen (secondary N) is 2. The Morgan fingerprint density at radius 2 is 2.06 bits per heavy atom. The van der Waals surface area contributed by atoms with Crippen LogP contribution >= 0.6 is 0 Å². The number of nitrogens with zero attached hydrogens (tertiary/aromatic N) is 4. The molecule has 1 fully saturated rings. The maximum Gasteiger partial charge on any atom is 0.229 e. The summed E-state index contributed by atoms with van der Waals surface area (Å²) in [5.41, 5.74) is 4.66. The van der Waals surface area contributed by atoms with E-state index < -0.39 is 0 Å². The van der Waals surface area contributed by atoms with Crippen LogP contribution in [0, 0.1) is 5.92 Å². The molecule has 0 radical (unpaired) electrons. The highest BCUT2D eigenvalue weighted by Crippen LogP contribution is 2.34. The molecule has 0 unspecified atom stereocenters. The largest absolute Gasteiger partial charge is 0.506 e. The quantitative estimate of drug-likeness (QED) is 0.259. The number of allylic oxidation sites excluding steroid dienone is 1. The van der Waals surface area contributed by atoms with Gasteiger partial charge in [0.15, 0.2) is 11.4 Å². The van der Waals surface area contributed by atoms with Gasteiger partial charge in [-0.2, -0.15) is 10.1 Å². The van der Waals surface area contributed by atoms with Gasteiger partial charge in [-0.3, -0.25) is 9.89 Å². The van der Waals surface area contributed by atoms with E-state index in [9.17, 15) is 9.90 Å². The lowest BCUT2D eigenvalue weighted by Gasteiger charge is -2.32. The summed E-state index contributed by atoms with van der Waals surface area (Å²) in [6.07, 6.45) is 5.54. The molecule has 1 saturated heterocycles. The molecule has 0 atom stereocenters. The number of aromatic hydroxyl groups is 1. The van der Waals surface area contributed by atoms with Crippen molar-refractivity contribution < 1.29 is 9.90 Å². The molecule has 1 aliphatic heterocycles. The lowest BCUT2D eigenvalue weighted by Crippen LogP contribution is -2.32. The third-order valence-electron chi connectivity index (χ3n) is 6.47. The summed E-state index contributed by atoms with van der Waals surface area (Å²) >= 11 is 0. The highest BCUT2D eigenvalue weighted by atomic mass is 16.3. The molecule has 3 heterocycles. The summed E-state index contributed by atoms with van der Waals surface area (Å²) in [7, 11) is 0. The van der Waals surface area contributed by atoms with E-state index in [1.165, 1.54) is 6.08 Å². The molecule has 178 valence electrons. The van der Waals surface area contributed by atoms with Gasteiger partial charge in [0.1, 0.15) is 5.75 Å². The molecule has 0 aliphatic carbocycles. The van der Waals surface area contributed by atoms with Crippen LogP contribution in [-0.4, -0.2) is 44.1 Å². The van der Waals surface area contributed by atoms with Gasteiger partial charge in [0.2, 0.25) is 5.95 Å². The number of H-pyrrole nitrogens is 1. The van der Waals surface area contributed by atoms with Crippen LogP contribution in [0.2, 0.25) is 0 Å². The van der Waals surface area contributed by atoms with Crippen molar-refractivity contribution in [1.29, 1.82) is 0 Å². The van der Waals surface area contributed by atoms with Crippen molar-refractivity contribution in [1.82, 2.24) is 20.2 Å². The Morgan fingerprint density at radius 1 is 1.23 bits per heavy atom. The minimum Gasteiger partial charge on any atom is -0.506 e. The maximum absolute atomic E-state index is 11.8. The van der Waals surface area contributed by atoms with Crippen LogP contribution in [0.15, 0.2) is 61.3 Å². The summed E-state index contributed by atoms with van der Waals surface area (Å²) < 4.78 is 0. The molecule has 5 rings (SSSR count). The van der Waals surface area contributed by atoms with E-state index in [2.05, 4.69) is 38.9 Å². The average Bonchev–Trinajstić information content (AvgIpc) is 3.34. The predicted molar refractivity (Wildman–Crippen MR) is 138 cm³/mol. The van der Waals surface area contributed by atoms with Gasteiger partial charge < -0.3 is 15.3 Å². The Hall–Kier alpha value is -4.20. The van der Waals surface area contributed by atoms with Gasteiger partial charge in [-0.1, -0.05) is 31.7 Å². The second kappa shape index (κ2) is 9.58. The second-order valence-electron chi connectivity index (χ2n) is 9.07. The van der Waals surface area contributed by atoms with Crippen LogP contribution in [0.1, 0.15) is 25.3 Å². The molecular weight excluding hydrogens is 440 g/mol. The molecule has 8 heteroatoms. The van der Waals surface area contributed by atoms with Crippen molar-refractivity contribution in [2.75, 3.05) is 23.3 Å². The van der Waals surface area contributed by atoms with Crippen molar-refractivity contribution >= 4 is 34.1 Å². The lowest BCUT2D eigenvalue weighted by molar-refractivity contribution is -0.114. The van der Waals surface area contributed by atoms with Crippen LogP contribution in [0.3, 0.4) is 0 Å². The van der Waals surface area contributed by atoms with Crippen LogP contribution in [0.5, 0.6) is 5.75 Å². The lowest BCUT2D eigenvalue weighted by atomic mass is 9.98. The topological polar surface area (TPSA) is 107 Å². The molecule has 2 aromatic heterocycles. The number of aromatic nitrogens is 4. The molecular formula is C27H28N6O2. The first-order valence-electron chi connectivity index (χ1n) is 11.8. The molecule has 3 N–H and O–H groups in total. The number of carbonyl (C=O) groups is 1. The Bertz CT molecular complexity index is 1390. The van der Waals surface area contributed by atoms with E-state index in [0.717, 1.165) is 53.8 Å². The summed E-state index contributed by atoms with van der Waals surface area (Å²) in [6, 6.07) is 13.2. The third-order valence-corrected chi connectivity index (χ3v) is 6.47. The number of aromatic amines is 1. The number of ketones is 1. The highest BCUT2D eigenvalue weighted by Gasteiger charge is 2.19. The van der Waals surface area contributed by atoms with Crippen LogP contribution in [0.25, 0.3) is 22.3 Å². The summed E-state index contributed by atoms with van der Waals surface area (Å²) in [5, 5.41) is 21.7. The first kappa shape index (κ1) is 22.6. The number of phenolic OH excluding ortho intramolecular Hbond substituents is 1. The molecule has 35 heavy (non-hydrogen) atoms. The Morgan fingerprint density at radius 3 is 2.86 bits per heavy atom. The zero-order valence-corrected chi connectivity index (χ0v) is 19.7. The van der Waals surface area contributed by atoms with Gasteiger partial charge in [0.05, 0.1) is 23.0 Å². The molecule has 8 nitrogen and oxygen atoms in total. The number of hydrogen-bond donors (Lipinski definition) is 3. The first-order chi connectivity index (χ1) is 17.0. The molecule has 0 saturated carbocycles. The fourth-order valence-electron chi connectivity index (χ4n) is 4.45. The van der Waals surface area contributed by atoms with E-state index in [1.54, 1.807) is 12.3 Å². The minimum atomic E-state index is -0.0352. The minimum absolute atomic E-state index is 0.0352. The van der Waals surface area contributed by atoms with Crippen molar-refractivity contribution in [2.45, 2.75) is 26.2 Å². The number of anilines is 3. The second-order valence-corrected chi connectivity index (χ2v) is 9.07. The molecule has 0 amide bonds. The smallest absolute Gasteiger partial charge is 0.229 e. The molecule has 0 spiro atoms. The number of rotatable bonds is 7. The number of fused-ring (bicyclic) bond motifs is 1. The maximum atomic E-state index is 11.8. The standard InChI is InChI=1S/C27H28N6O2/c1-3-21(34)14-18-5-4-6-19(13-18)25-22-16-28-32-26(22)31-27(30-25)29-20-7-8-24(35)23(15-20)33-11-9-17(2)10-12-33/h3-8,13,15-17,35H,1,9-12,14H2,2H3,(H2,28,29,30,31,32). The predicted octanol–water partition coefficient (Wildman–Crippen LogP) is 5.00. The first-order valence-corrected chi connectivity index (χ1v) is 11.8. The van der Waals surface area contributed by atoms with Crippen molar-refractivity contribution in [2.24, 2.45) is 5.92 Å². The van der Waals surface area contributed by atoms with E-state index in [4.69, 9.17) is 4.98 Å². The van der Waals surface area contributed by atoms with Gasteiger partial charge in [0.25, 0.3) is 0 Å². The van der Waals surface area contributed by atoms with Crippen molar-refractivity contribution in [3.05, 3.63) is 66.9 Å². The van der Waals surface area contributed by atoms with E-state index in [-0.39, 0.29) is 18.0 Å². The number of phenols is 1. The fraction of sp³-hybridized carbons (Fsp3) is 0.259. The zero-order chi connectivity index (χ0) is 24.4. The normalized spacial score (nSPS) is 14.3. The molecule has 1 aliphatic rings. The SMILES string of the molecule is C=CC(=O)Cc1cccc(-c2nc(Nc3ccc(O)c(N4CCC(C)CC4)c3)nc3[nH]ncc23)c1. The number of piperidine rings is 1. The summed E-state index contributed by atoms with van der Waals surface area (Å²) in [4.78, 5) is 23.5. The average molecular weight is 469 g/mol. The third kappa shape index (κ3) is 4.87. The van der Waals surface area contributed by atoms with Crippen molar-refractivity contribution in [3.63, 3.8) is 0 Å². The van der Waals surface area contributed by atoms with Gasteiger partial charge in [0, 0.05) is 30.8 Å². The molecule has 4 aromatic rings. The van der Waals surface area contributed by atoms with Gasteiger partial charge in [-0.15, -0.1) is 0 Å². The van der Waals surface area contributed by atoms with Crippen LogP contribution in [0.4, 0.5) is 17.3 Å². The van der Waals surface area contributed by atoms with E-state index in [0.29, 0.717) is 23.2 Å². The Balaban J connectivity index is 1.47. The zero-order valence-electron chi connectivity index (χ0n) is 19.7. The Labute approximate surface area is 203 Å². The fourth-order valence-corrected chi connectivity index (χ4v) is 4.45. The van der Waals surface area contributed by atoms with E-state index >= 15 is 0 Å². The number of benzene rings is 2. The van der Waals surface area contributed by atoms with Crippen LogP contribution < -0.4 is 10.2 Å². The van der Waals surface area contributed by atoms with Gasteiger partial charge in [-0.25, -0.2) is 4.98 Å².